The molecule has 0 aliphatic carbocycles. The molecule has 3 aromatic rings. The summed E-state index contributed by atoms with van der Waals surface area (Å²) in [4.78, 5) is 16.4. The molecule has 0 aliphatic rings. The largest absolute Gasteiger partial charge is 0.354 e. The van der Waals surface area contributed by atoms with E-state index in [2.05, 4.69) is 46.0 Å². The fourth-order valence-electron chi connectivity index (χ4n) is 2.83. The zero-order chi connectivity index (χ0) is 19.8. The number of aliphatic imine (C=N–C) groups is 1. The number of aryl methyl sites for hydroxylation is 1. The first-order valence-corrected chi connectivity index (χ1v) is 9.04. The Labute approximate surface area is 159 Å². The molecule has 0 bridgehead atoms. The lowest BCUT2D eigenvalue weighted by atomic mass is 9.97. The third-order valence-electron chi connectivity index (χ3n) is 4.11. The Morgan fingerprint density at radius 2 is 2.00 bits per heavy atom. The van der Waals surface area contributed by atoms with Crippen LogP contribution in [-0.4, -0.2) is 27.2 Å². The zero-order valence-electron chi connectivity index (χ0n) is 16.7. The summed E-state index contributed by atoms with van der Waals surface area (Å²) in [5, 5.41) is 4.11. The fourth-order valence-corrected chi connectivity index (χ4v) is 2.83. The normalized spacial score (nSPS) is 11.7. The number of aromatic amines is 1. The number of nitrogens with zero attached hydrogens (tertiary/aromatic N) is 3. The van der Waals surface area contributed by atoms with Crippen molar-refractivity contribution >= 4 is 28.4 Å². The minimum atomic E-state index is -0.329. The van der Waals surface area contributed by atoms with Crippen LogP contribution in [0.25, 0.3) is 22.2 Å². The third kappa shape index (κ3) is 4.32. The Bertz CT molecular complexity index is 984. The summed E-state index contributed by atoms with van der Waals surface area (Å²) in [6.45, 7) is 12.8. The third-order valence-corrected chi connectivity index (χ3v) is 4.11. The molecule has 0 saturated heterocycles. The smallest absolute Gasteiger partial charge is 0.224 e. The van der Waals surface area contributed by atoms with Gasteiger partial charge >= 0.3 is 0 Å². The molecular formula is C21H26FN5. The Kier molecular flexibility index (Phi) is 5.00. The van der Waals surface area contributed by atoms with Gasteiger partial charge in [-0.25, -0.2) is 9.37 Å². The van der Waals surface area contributed by atoms with Gasteiger partial charge in [-0.3, -0.25) is 4.99 Å². The van der Waals surface area contributed by atoms with Crippen LogP contribution in [0.5, 0.6) is 0 Å². The maximum atomic E-state index is 14.6. The monoisotopic (exact) mass is 367 g/mol. The molecule has 2 aromatic heterocycles. The van der Waals surface area contributed by atoms with Gasteiger partial charge in [0.25, 0.3) is 0 Å². The summed E-state index contributed by atoms with van der Waals surface area (Å²) >= 11 is 0. The summed E-state index contributed by atoms with van der Waals surface area (Å²) in [7, 11) is 0. The minimum Gasteiger partial charge on any atom is -0.354 e. The second-order valence-corrected chi connectivity index (χ2v) is 8.26. The van der Waals surface area contributed by atoms with E-state index >= 15 is 0 Å². The van der Waals surface area contributed by atoms with E-state index in [0.717, 1.165) is 40.0 Å². The average Bonchev–Trinajstić information content (AvgIpc) is 2.98. The second-order valence-electron chi connectivity index (χ2n) is 8.26. The predicted molar refractivity (Wildman–Crippen MR) is 110 cm³/mol. The van der Waals surface area contributed by atoms with Gasteiger partial charge in [0.05, 0.1) is 0 Å². The predicted octanol–water partition coefficient (Wildman–Crippen LogP) is 5.64. The number of aromatic nitrogens is 3. The average molecular weight is 367 g/mol. The first kappa shape index (κ1) is 19.0. The molecule has 0 aliphatic heterocycles. The molecule has 27 heavy (non-hydrogen) atoms. The van der Waals surface area contributed by atoms with Crippen molar-refractivity contribution in [3.8, 4) is 11.1 Å². The summed E-state index contributed by atoms with van der Waals surface area (Å²) in [5.74, 6) is 0.251. The standard InChI is InChI=1S/C21H26FN5/c1-12(2)26-18-13(3)7-14(8-17(18)22)15-9-23-19-16(15)10-24-20(27-19)25-11-21(4,5)6/h7-10H,11H2,1-6H3,(H2,23,24,25,27). The van der Waals surface area contributed by atoms with Crippen LogP contribution in [0.4, 0.5) is 16.0 Å². The van der Waals surface area contributed by atoms with Crippen LogP contribution < -0.4 is 5.32 Å². The zero-order valence-corrected chi connectivity index (χ0v) is 16.7. The van der Waals surface area contributed by atoms with Crippen molar-refractivity contribution < 1.29 is 4.39 Å². The van der Waals surface area contributed by atoms with Gasteiger partial charge in [-0.15, -0.1) is 0 Å². The lowest BCUT2D eigenvalue weighted by Crippen LogP contribution is -2.20. The maximum Gasteiger partial charge on any atom is 0.224 e. The molecule has 2 heterocycles. The highest BCUT2D eigenvalue weighted by atomic mass is 19.1. The SMILES string of the molecule is CC(C)=Nc1c(C)cc(-c2c[nH]c3nc(NCC(C)(C)C)ncc23)cc1F. The maximum absolute atomic E-state index is 14.6. The highest BCUT2D eigenvalue weighted by Gasteiger charge is 2.14. The van der Waals surface area contributed by atoms with Gasteiger partial charge in [0.15, 0.2) is 0 Å². The number of anilines is 1. The second kappa shape index (κ2) is 7.10. The van der Waals surface area contributed by atoms with Crippen molar-refractivity contribution in [2.45, 2.75) is 41.5 Å². The van der Waals surface area contributed by atoms with Crippen molar-refractivity contribution in [2.24, 2.45) is 10.4 Å². The van der Waals surface area contributed by atoms with Crippen molar-refractivity contribution in [2.75, 3.05) is 11.9 Å². The van der Waals surface area contributed by atoms with Crippen LogP contribution in [0.2, 0.25) is 0 Å². The van der Waals surface area contributed by atoms with E-state index in [1.807, 2.05) is 33.0 Å². The Morgan fingerprint density at radius 3 is 2.63 bits per heavy atom. The molecule has 3 rings (SSSR count). The van der Waals surface area contributed by atoms with Crippen molar-refractivity contribution in [3.05, 3.63) is 35.9 Å². The molecule has 142 valence electrons. The quantitative estimate of drug-likeness (QED) is 0.586. The van der Waals surface area contributed by atoms with Gasteiger partial charge in [0.2, 0.25) is 5.95 Å². The number of hydrogen-bond acceptors (Lipinski definition) is 4. The molecule has 0 spiro atoms. The Balaban J connectivity index is 1.97. The highest BCUT2D eigenvalue weighted by molar-refractivity contribution is 5.94. The fraction of sp³-hybridized carbons (Fsp3) is 0.381. The topological polar surface area (TPSA) is 66.0 Å². The van der Waals surface area contributed by atoms with Crippen LogP contribution in [0.3, 0.4) is 0 Å². The Hall–Kier alpha value is -2.76. The number of hydrogen-bond donors (Lipinski definition) is 2. The molecule has 0 unspecified atom stereocenters. The van der Waals surface area contributed by atoms with Crippen LogP contribution in [0, 0.1) is 18.2 Å². The van der Waals surface area contributed by atoms with E-state index < -0.39 is 0 Å². The van der Waals surface area contributed by atoms with Gasteiger partial charge in [-0.2, -0.15) is 4.98 Å². The van der Waals surface area contributed by atoms with E-state index in [-0.39, 0.29) is 11.2 Å². The molecule has 1 aromatic carbocycles. The van der Waals surface area contributed by atoms with Crippen LogP contribution >= 0.6 is 0 Å². The summed E-state index contributed by atoms with van der Waals surface area (Å²) < 4.78 is 14.6. The molecule has 0 amide bonds. The van der Waals surface area contributed by atoms with Crippen molar-refractivity contribution in [3.63, 3.8) is 0 Å². The molecule has 0 radical (unpaired) electrons. The van der Waals surface area contributed by atoms with Gasteiger partial charge in [0, 0.05) is 35.6 Å². The lowest BCUT2D eigenvalue weighted by Gasteiger charge is -2.18. The summed E-state index contributed by atoms with van der Waals surface area (Å²) in [5.41, 5.74) is 4.52. The van der Waals surface area contributed by atoms with E-state index in [0.29, 0.717) is 11.6 Å². The number of rotatable bonds is 4. The number of halogens is 1. The summed E-state index contributed by atoms with van der Waals surface area (Å²) in [6.07, 6.45) is 3.61. The van der Waals surface area contributed by atoms with Crippen LogP contribution in [0.1, 0.15) is 40.2 Å². The van der Waals surface area contributed by atoms with E-state index in [4.69, 9.17) is 0 Å². The molecular weight excluding hydrogens is 341 g/mol. The number of fused-ring (bicyclic) bond motifs is 1. The van der Waals surface area contributed by atoms with Gasteiger partial charge in [0.1, 0.15) is 17.2 Å². The van der Waals surface area contributed by atoms with Gasteiger partial charge < -0.3 is 10.3 Å². The summed E-state index contributed by atoms with van der Waals surface area (Å²) in [6, 6.07) is 3.46. The van der Waals surface area contributed by atoms with E-state index in [1.54, 1.807) is 6.20 Å². The van der Waals surface area contributed by atoms with E-state index in [9.17, 15) is 4.39 Å². The first-order valence-electron chi connectivity index (χ1n) is 9.04. The molecule has 0 fully saturated rings. The van der Waals surface area contributed by atoms with Crippen LogP contribution in [0.15, 0.2) is 29.5 Å². The van der Waals surface area contributed by atoms with Crippen LogP contribution in [-0.2, 0) is 0 Å². The number of benzene rings is 1. The number of nitrogens with one attached hydrogen (secondary N) is 2. The lowest BCUT2D eigenvalue weighted by molar-refractivity contribution is 0.442. The highest BCUT2D eigenvalue weighted by Crippen LogP contribution is 2.33. The van der Waals surface area contributed by atoms with Gasteiger partial charge in [-0.1, -0.05) is 20.8 Å². The number of H-pyrrole nitrogens is 1. The van der Waals surface area contributed by atoms with Gasteiger partial charge in [-0.05, 0) is 49.4 Å². The molecule has 0 saturated carbocycles. The minimum absolute atomic E-state index is 0.134. The van der Waals surface area contributed by atoms with E-state index in [1.165, 1.54) is 6.07 Å². The molecule has 2 N–H and O–H groups in total. The van der Waals surface area contributed by atoms with Crippen molar-refractivity contribution in [1.29, 1.82) is 0 Å². The molecule has 6 heteroatoms. The molecule has 0 atom stereocenters. The first-order chi connectivity index (χ1) is 12.6. The molecule has 5 nitrogen and oxygen atoms in total. The van der Waals surface area contributed by atoms with Crippen molar-refractivity contribution in [1.82, 2.24) is 15.0 Å². The Morgan fingerprint density at radius 1 is 1.26 bits per heavy atom.